The van der Waals surface area contributed by atoms with E-state index in [4.69, 9.17) is 23.2 Å². The summed E-state index contributed by atoms with van der Waals surface area (Å²) in [5.41, 5.74) is 3.05. The Labute approximate surface area is 201 Å². The van der Waals surface area contributed by atoms with Crippen molar-refractivity contribution in [1.82, 2.24) is 19.7 Å². The number of benzene rings is 2. The highest BCUT2D eigenvalue weighted by molar-refractivity contribution is 9.10. The van der Waals surface area contributed by atoms with Gasteiger partial charge in [0, 0.05) is 16.2 Å². The summed E-state index contributed by atoms with van der Waals surface area (Å²) in [6, 6.07) is 12.4. The number of halogens is 3. The van der Waals surface area contributed by atoms with Gasteiger partial charge in [-0.2, -0.15) is 4.73 Å². The van der Waals surface area contributed by atoms with Crippen molar-refractivity contribution in [3.05, 3.63) is 68.7 Å². The molecule has 0 saturated heterocycles. The van der Waals surface area contributed by atoms with Crippen LogP contribution in [0.15, 0.2) is 58.3 Å². The second kappa shape index (κ2) is 9.18. The molecule has 0 aliphatic heterocycles. The van der Waals surface area contributed by atoms with Crippen LogP contribution in [0.25, 0.3) is 34.0 Å². The average molecular weight is 538 g/mol. The summed E-state index contributed by atoms with van der Waals surface area (Å²) >= 11 is 17.8. The number of nitrogens with zero attached hydrogens (tertiary/aromatic N) is 4. The Kier molecular flexibility index (Phi) is 6.55. The first kappa shape index (κ1) is 22.1. The molecule has 0 amide bonds. The Morgan fingerprint density at radius 1 is 1.10 bits per heavy atom. The van der Waals surface area contributed by atoms with E-state index < -0.39 is 0 Å². The minimum atomic E-state index is -0.208. The second-order valence-electron chi connectivity index (χ2n) is 6.48. The minimum absolute atomic E-state index is 0.161. The molecule has 158 valence electrons. The van der Waals surface area contributed by atoms with Gasteiger partial charge >= 0.3 is 0 Å². The Morgan fingerprint density at radius 3 is 2.48 bits per heavy atom. The van der Waals surface area contributed by atoms with E-state index in [-0.39, 0.29) is 22.5 Å². The van der Waals surface area contributed by atoms with Crippen molar-refractivity contribution >= 4 is 50.9 Å². The molecule has 0 bridgehead atoms. The van der Waals surface area contributed by atoms with Crippen LogP contribution in [-0.4, -0.2) is 36.3 Å². The van der Waals surface area contributed by atoms with Crippen LogP contribution in [0.5, 0.6) is 0 Å². The molecule has 31 heavy (non-hydrogen) atoms. The zero-order valence-corrected chi connectivity index (χ0v) is 20.0. The molecule has 6 nitrogen and oxygen atoms in total. The number of imidazole rings is 1. The van der Waals surface area contributed by atoms with Crippen LogP contribution in [-0.2, 0) is 6.61 Å². The third kappa shape index (κ3) is 4.31. The van der Waals surface area contributed by atoms with Gasteiger partial charge in [-0.1, -0.05) is 63.0 Å². The molecular formula is C21H15BrCl2N4O2S. The Balaban J connectivity index is 2.02. The van der Waals surface area contributed by atoms with Crippen molar-refractivity contribution < 1.29 is 10.3 Å². The lowest BCUT2D eigenvalue weighted by Crippen LogP contribution is -1.99. The molecule has 0 atom stereocenters. The van der Waals surface area contributed by atoms with Crippen LogP contribution in [0.2, 0.25) is 10.0 Å². The van der Waals surface area contributed by atoms with Gasteiger partial charge in [0.15, 0.2) is 11.0 Å². The SMILES string of the molecule is CSc1nccc(-c2nc(-c3c(Cl)cc(CO)cc3Cl)n(O)c2-c2cccc(Br)c2)n1. The van der Waals surface area contributed by atoms with Crippen molar-refractivity contribution in [2.45, 2.75) is 11.8 Å². The molecule has 0 saturated carbocycles. The van der Waals surface area contributed by atoms with Gasteiger partial charge in [-0.15, -0.1) is 0 Å². The summed E-state index contributed by atoms with van der Waals surface area (Å²) in [4.78, 5) is 13.4. The van der Waals surface area contributed by atoms with E-state index in [9.17, 15) is 10.3 Å². The van der Waals surface area contributed by atoms with Gasteiger partial charge in [0.2, 0.25) is 0 Å². The standard InChI is InChI=1S/C21H15BrCl2N4O2S/c1-31-21-25-6-5-16(26-21)18-19(12-3-2-4-13(22)9-12)28(30)20(27-18)17-14(23)7-11(10-29)8-15(17)24/h2-9,29-30H,10H2,1H3. The fraction of sp³-hybridized carbons (Fsp3) is 0.0952. The van der Waals surface area contributed by atoms with Gasteiger partial charge in [-0.3, -0.25) is 0 Å². The Bertz CT molecular complexity index is 1260. The molecule has 0 aliphatic rings. The van der Waals surface area contributed by atoms with E-state index in [2.05, 4.69) is 30.9 Å². The van der Waals surface area contributed by atoms with Crippen molar-refractivity contribution in [3.63, 3.8) is 0 Å². The molecule has 4 rings (SSSR count). The lowest BCUT2D eigenvalue weighted by Gasteiger charge is -2.10. The van der Waals surface area contributed by atoms with Gasteiger partial charge in [-0.25, -0.2) is 15.0 Å². The van der Waals surface area contributed by atoms with E-state index in [0.29, 0.717) is 38.9 Å². The molecule has 0 fully saturated rings. The molecule has 2 heterocycles. The molecule has 2 aromatic heterocycles. The first-order valence-electron chi connectivity index (χ1n) is 8.97. The first-order chi connectivity index (χ1) is 14.9. The summed E-state index contributed by atoms with van der Waals surface area (Å²) in [5.74, 6) is 0.161. The highest BCUT2D eigenvalue weighted by Crippen LogP contribution is 2.40. The lowest BCUT2D eigenvalue weighted by atomic mass is 10.1. The lowest BCUT2D eigenvalue weighted by molar-refractivity contribution is 0.195. The fourth-order valence-corrected chi connectivity index (χ4v) is 4.61. The van der Waals surface area contributed by atoms with Crippen LogP contribution in [0, 0.1) is 0 Å². The Morgan fingerprint density at radius 2 is 1.84 bits per heavy atom. The number of aromatic nitrogens is 4. The third-order valence-corrected chi connectivity index (χ3v) is 6.17. The minimum Gasteiger partial charge on any atom is -0.426 e. The highest BCUT2D eigenvalue weighted by atomic mass is 79.9. The normalized spacial score (nSPS) is 11.1. The molecule has 2 N–H and O–H groups in total. The van der Waals surface area contributed by atoms with Crippen molar-refractivity contribution in [3.8, 4) is 34.0 Å². The number of hydrogen-bond donors (Lipinski definition) is 2. The van der Waals surface area contributed by atoms with Crippen LogP contribution >= 0.6 is 50.9 Å². The number of rotatable bonds is 5. The van der Waals surface area contributed by atoms with Crippen molar-refractivity contribution in [1.29, 1.82) is 0 Å². The molecular weight excluding hydrogens is 523 g/mol. The quantitative estimate of drug-likeness (QED) is 0.179. The van der Waals surface area contributed by atoms with E-state index in [1.807, 2.05) is 30.5 Å². The molecule has 2 aromatic carbocycles. The Hall–Kier alpha value is -2.10. The number of thioether (sulfide) groups is 1. The van der Waals surface area contributed by atoms with Gasteiger partial charge in [0.05, 0.1) is 27.9 Å². The van der Waals surface area contributed by atoms with Crippen molar-refractivity contribution in [2.75, 3.05) is 6.26 Å². The maximum atomic E-state index is 11.2. The second-order valence-corrected chi connectivity index (χ2v) is 8.98. The fourth-order valence-electron chi connectivity index (χ4n) is 3.15. The zero-order chi connectivity index (χ0) is 22.1. The van der Waals surface area contributed by atoms with E-state index in [1.54, 1.807) is 24.4 Å². The van der Waals surface area contributed by atoms with E-state index in [0.717, 1.165) is 9.20 Å². The average Bonchev–Trinajstić information content (AvgIpc) is 3.10. The van der Waals surface area contributed by atoms with Gasteiger partial charge in [-0.05, 0) is 42.2 Å². The van der Waals surface area contributed by atoms with Crippen LogP contribution < -0.4 is 0 Å². The van der Waals surface area contributed by atoms with Crippen molar-refractivity contribution in [2.24, 2.45) is 0 Å². The highest BCUT2D eigenvalue weighted by Gasteiger charge is 2.25. The summed E-state index contributed by atoms with van der Waals surface area (Å²) in [6.07, 6.45) is 3.53. The monoisotopic (exact) mass is 536 g/mol. The van der Waals surface area contributed by atoms with Gasteiger partial charge < -0.3 is 10.3 Å². The van der Waals surface area contributed by atoms with Gasteiger partial charge in [0.25, 0.3) is 0 Å². The summed E-state index contributed by atoms with van der Waals surface area (Å²) in [5, 5.41) is 21.7. The predicted molar refractivity (Wildman–Crippen MR) is 127 cm³/mol. The van der Waals surface area contributed by atoms with Gasteiger partial charge in [0.1, 0.15) is 11.4 Å². The molecule has 0 radical (unpaired) electrons. The molecule has 0 unspecified atom stereocenters. The smallest absolute Gasteiger partial charge is 0.187 e. The van der Waals surface area contributed by atoms with E-state index >= 15 is 0 Å². The molecule has 10 heteroatoms. The zero-order valence-electron chi connectivity index (χ0n) is 16.1. The topological polar surface area (TPSA) is 84.1 Å². The largest absolute Gasteiger partial charge is 0.426 e. The van der Waals surface area contributed by atoms with Crippen LogP contribution in [0.4, 0.5) is 0 Å². The summed E-state index contributed by atoms with van der Waals surface area (Å²) in [7, 11) is 0. The number of hydrogen-bond acceptors (Lipinski definition) is 6. The summed E-state index contributed by atoms with van der Waals surface area (Å²) < 4.78 is 1.80. The molecule has 0 aliphatic carbocycles. The predicted octanol–water partition coefficient (Wildman–Crippen LogP) is 6.19. The maximum absolute atomic E-state index is 11.2. The first-order valence-corrected chi connectivity index (χ1v) is 11.7. The molecule has 4 aromatic rings. The molecule has 0 spiro atoms. The van der Waals surface area contributed by atoms with Crippen LogP contribution in [0.1, 0.15) is 5.56 Å². The number of aliphatic hydroxyl groups is 1. The van der Waals surface area contributed by atoms with Crippen LogP contribution in [0.3, 0.4) is 0 Å². The maximum Gasteiger partial charge on any atom is 0.187 e. The van der Waals surface area contributed by atoms with E-state index in [1.165, 1.54) is 11.8 Å². The third-order valence-electron chi connectivity index (χ3n) is 4.52. The summed E-state index contributed by atoms with van der Waals surface area (Å²) in [6.45, 7) is -0.208. The number of aliphatic hydroxyl groups excluding tert-OH is 1.